The van der Waals surface area contributed by atoms with Crippen LogP contribution in [0.15, 0.2) is 28.2 Å². The molecule has 1 unspecified atom stereocenters. The number of pyridine rings is 1. The number of thiophene rings is 1. The van der Waals surface area contributed by atoms with E-state index < -0.39 is 6.04 Å². The van der Waals surface area contributed by atoms with Crippen LogP contribution in [-0.4, -0.2) is 26.8 Å². The van der Waals surface area contributed by atoms with Crippen molar-refractivity contribution >= 4 is 21.6 Å². The van der Waals surface area contributed by atoms with Gasteiger partial charge in [0.05, 0.1) is 16.3 Å². The maximum atomic E-state index is 8.84. The van der Waals surface area contributed by atoms with Gasteiger partial charge in [-0.1, -0.05) is 5.16 Å². The van der Waals surface area contributed by atoms with Crippen LogP contribution < -0.4 is 5.73 Å². The summed E-state index contributed by atoms with van der Waals surface area (Å²) in [5.41, 5.74) is 7.55. The summed E-state index contributed by atoms with van der Waals surface area (Å²) >= 11 is 1.61. The molecule has 0 amide bonds. The number of nitrogens with two attached hydrogens (primary N) is 1. The van der Waals surface area contributed by atoms with Gasteiger partial charge < -0.3 is 15.4 Å². The highest BCUT2D eigenvalue weighted by Gasteiger charge is 2.15. The van der Waals surface area contributed by atoms with Gasteiger partial charge in [-0.25, -0.2) is 0 Å². The molecule has 3 heterocycles. The zero-order chi connectivity index (χ0) is 13.2. The first-order chi connectivity index (χ1) is 9.28. The van der Waals surface area contributed by atoms with Gasteiger partial charge in [0.25, 0.3) is 0 Å². The van der Waals surface area contributed by atoms with Crippen molar-refractivity contribution in [2.24, 2.45) is 5.73 Å². The summed E-state index contributed by atoms with van der Waals surface area (Å²) in [5.74, 6) is 0.793. The van der Waals surface area contributed by atoms with Gasteiger partial charge in [-0.3, -0.25) is 4.98 Å². The maximum Gasteiger partial charge on any atom is 0.243 e. The Kier molecular flexibility index (Phi) is 3.24. The van der Waals surface area contributed by atoms with Gasteiger partial charge in [0, 0.05) is 18.4 Å². The Morgan fingerprint density at radius 1 is 1.47 bits per heavy atom. The van der Waals surface area contributed by atoms with E-state index in [9.17, 15) is 0 Å². The van der Waals surface area contributed by atoms with Crippen LogP contribution in [-0.2, 0) is 0 Å². The van der Waals surface area contributed by atoms with Gasteiger partial charge in [-0.2, -0.15) is 4.98 Å². The molecular formula is C12H12N4O2S. The Hall–Kier alpha value is -1.83. The van der Waals surface area contributed by atoms with E-state index in [0.29, 0.717) is 18.1 Å². The van der Waals surface area contributed by atoms with E-state index in [1.54, 1.807) is 17.5 Å². The second-order valence-corrected chi connectivity index (χ2v) is 5.05. The third-order valence-corrected chi connectivity index (χ3v) is 3.61. The standard InChI is InChI=1S/C12H12N4O2S/c13-8(1-3-17)12-15-11(16-18-12)7-5-10-9(14-6-7)2-4-19-10/h2,4-6,8,17H,1,3,13H2. The average molecular weight is 276 g/mol. The van der Waals surface area contributed by atoms with Crippen molar-refractivity contribution in [1.29, 1.82) is 0 Å². The molecule has 0 aliphatic rings. The van der Waals surface area contributed by atoms with E-state index in [1.807, 2.05) is 17.5 Å². The molecule has 0 saturated heterocycles. The fraction of sp³-hybridized carbons (Fsp3) is 0.250. The van der Waals surface area contributed by atoms with E-state index in [4.69, 9.17) is 15.4 Å². The van der Waals surface area contributed by atoms with Crippen LogP contribution in [0.2, 0.25) is 0 Å². The molecule has 0 fully saturated rings. The molecule has 3 aromatic rings. The number of hydrogen-bond donors (Lipinski definition) is 2. The van der Waals surface area contributed by atoms with Crippen molar-refractivity contribution in [3.8, 4) is 11.4 Å². The number of nitrogens with zero attached hydrogens (tertiary/aromatic N) is 3. The minimum absolute atomic E-state index is 0.0123. The summed E-state index contributed by atoms with van der Waals surface area (Å²) in [5, 5.41) is 14.7. The van der Waals surface area contributed by atoms with Crippen molar-refractivity contribution in [2.75, 3.05) is 6.61 Å². The van der Waals surface area contributed by atoms with Gasteiger partial charge in [0.1, 0.15) is 0 Å². The summed E-state index contributed by atoms with van der Waals surface area (Å²) < 4.78 is 6.18. The molecule has 3 rings (SSSR count). The van der Waals surface area contributed by atoms with Gasteiger partial charge in [0.2, 0.25) is 11.7 Å². The van der Waals surface area contributed by atoms with E-state index in [-0.39, 0.29) is 6.61 Å². The van der Waals surface area contributed by atoms with E-state index in [2.05, 4.69) is 15.1 Å². The van der Waals surface area contributed by atoms with Crippen molar-refractivity contribution in [3.05, 3.63) is 29.6 Å². The topological polar surface area (TPSA) is 98.1 Å². The summed E-state index contributed by atoms with van der Waals surface area (Å²) in [4.78, 5) is 8.57. The maximum absolute atomic E-state index is 8.84. The van der Waals surface area contributed by atoms with Crippen LogP contribution in [0.25, 0.3) is 21.6 Å². The molecule has 7 heteroatoms. The highest BCUT2D eigenvalue weighted by Crippen LogP contribution is 2.25. The van der Waals surface area contributed by atoms with Crippen LogP contribution in [0.5, 0.6) is 0 Å². The lowest BCUT2D eigenvalue weighted by Gasteiger charge is -2.01. The minimum atomic E-state index is -0.440. The number of aliphatic hydroxyl groups is 1. The predicted octanol–water partition coefficient (Wildman–Crippen LogP) is 1.73. The fourth-order valence-electron chi connectivity index (χ4n) is 1.73. The van der Waals surface area contributed by atoms with Gasteiger partial charge in [-0.15, -0.1) is 11.3 Å². The second-order valence-electron chi connectivity index (χ2n) is 4.10. The summed E-state index contributed by atoms with van der Waals surface area (Å²) in [6.45, 7) is -0.0123. The SMILES string of the molecule is NC(CCO)c1nc(-c2cnc3ccsc3c2)no1. The Morgan fingerprint density at radius 3 is 3.21 bits per heavy atom. The Bertz CT molecular complexity index is 694. The highest BCUT2D eigenvalue weighted by atomic mass is 32.1. The first-order valence-corrected chi connectivity index (χ1v) is 6.69. The molecule has 0 radical (unpaired) electrons. The molecule has 0 spiro atoms. The minimum Gasteiger partial charge on any atom is -0.396 e. The van der Waals surface area contributed by atoms with Crippen molar-refractivity contribution in [2.45, 2.75) is 12.5 Å². The van der Waals surface area contributed by atoms with Crippen LogP contribution in [0, 0.1) is 0 Å². The first-order valence-electron chi connectivity index (χ1n) is 5.81. The quantitative estimate of drug-likeness (QED) is 0.753. The zero-order valence-electron chi connectivity index (χ0n) is 9.98. The monoisotopic (exact) mass is 276 g/mol. The third-order valence-electron chi connectivity index (χ3n) is 2.76. The van der Waals surface area contributed by atoms with Crippen molar-refractivity contribution < 1.29 is 9.63 Å². The van der Waals surface area contributed by atoms with Gasteiger partial charge in [-0.05, 0) is 23.9 Å². The smallest absolute Gasteiger partial charge is 0.243 e. The van der Waals surface area contributed by atoms with Crippen LogP contribution in [0.3, 0.4) is 0 Å². The molecule has 0 aliphatic carbocycles. The molecule has 19 heavy (non-hydrogen) atoms. The molecule has 0 bridgehead atoms. The van der Waals surface area contributed by atoms with Crippen molar-refractivity contribution in [1.82, 2.24) is 15.1 Å². The number of hydrogen-bond acceptors (Lipinski definition) is 7. The fourth-order valence-corrected chi connectivity index (χ4v) is 2.51. The van der Waals surface area contributed by atoms with Crippen LogP contribution >= 0.6 is 11.3 Å². The Labute approximate surface area is 112 Å². The molecular weight excluding hydrogens is 264 g/mol. The molecule has 98 valence electrons. The van der Waals surface area contributed by atoms with Gasteiger partial charge in [0.15, 0.2) is 0 Å². The molecule has 0 saturated carbocycles. The zero-order valence-corrected chi connectivity index (χ0v) is 10.8. The second kappa shape index (κ2) is 5.04. The largest absolute Gasteiger partial charge is 0.396 e. The lowest BCUT2D eigenvalue weighted by molar-refractivity contribution is 0.259. The van der Waals surface area contributed by atoms with Crippen molar-refractivity contribution in [3.63, 3.8) is 0 Å². The first kappa shape index (κ1) is 12.2. The third kappa shape index (κ3) is 2.35. The molecule has 1 atom stereocenters. The van der Waals surface area contributed by atoms with E-state index in [1.165, 1.54) is 0 Å². The number of aromatic nitrogens is 3. The van der Waals surface area contributed by atoms with Crippen LogP contribution in [0.1, 0.15) is 18.4 Å². The summed E-state index contributed by atoms with van der Waals surface area (Å²) in [6.07, 6.45) is 2.10. The molecule has 0 aliphatic heterocycles. The van der Waals surface area contributed by atoms with Crippen LogP contribution in [0.4, 0.5) is 0 Å². The number of rotatable bonds is 4. The molecule has 3 aromatic heterocycles. The average Bonchev–Trinajstić information content (AvgIpc) is 3.07. The summed E-state index contributed by atoms with van der Waals surface area (Å²) in [6, 6.07) is 3.49. The number of fused-ring (bicyclic) bond motifs is 1. The van der Waals surface area contributed by atoms with Gasteiger partial charge >= 0.3 is 0 Å². The molecule has 6 nitrogen and oxygen atoms in total. The lowest BCUT2D eigenvalue weighted by atomic mass is 10.2. The lowest BCUT2D eigenvalue weighted by Crippen LogP contribution is -2.12. The highest BCUT2D eigenvalue weighted by molar-refractivity contribution is 7.17. The molecule has 0 aromatic carbocycles. The van der Waals surface area contributed by atoms with E-state index >= 15 is 0 Å². The molecule has 3 N–H and O–H groups in total. The predicted molar refractivity (Wildman–Crippen MR) is 71.5 cm³/mol. The Morgan fingerprint density at radius 2 is 2.37 bits per heavy atom. The normalized spacial score (nSPS) is 12.9. The Balaban J connectivity index is 1.93. The summed E-state index contributed by atoms with van der Waals surface area (Å²) in [7, 11) is 0. The van der Waals surface area contributed by atoms with E-state index in [0.717, 1.165) is 15.8 Å². The number of aliphatic hydroxyl groups excluding tert-OH is 1.